The number of fused-ring (bicyclic) bond motifs is 5. The first-order valence-electron chi connectivity index (χ1n) is 14.4. The van der Waals surface area contributed by atoms with Crippen LogP contribution in [-0.2, 0) is 15.8 Å². The molecule has 4 aliphatic heterocycles. The Bertz CT molecular complexity index is 2150. The summed E-state index contributed by atoms with van der Waals surface area (Å²) >= 11 is 0. The van der Waals surface area contributed by atoms with Crippen molar-refractivity contribution in [2.45, 2.75) is 19.2 Å². The number of pyridine rings is 3. The third-order valence-electron chi connectivity index (χ3n) is 8.98. The number of likely N-dealkylation sites (N-methyl/N-ethyl adjacent to an activating group) is 1. The maximum atomic E-state index is 16.0. The Morgan fingerprint density at radius 2 is 1.93 bits per heavy atom. The molecule has 46 heavy (non-hydrogen) atoms. The third kappa shape index (κ3) is 4.82. The highest BCUT2D eigenvalue weighted by molar-refractivity contribution is 7.46. The van der Waals surface area contributed by atoms with Crippen LogP contribution in [0.1, 0.15) is 16.8 Å². The smallest absolute Gasteiger partial charge is 0.471 e. The molecule has 0 radical (unpaired) electrons. The number of anilines is 2. The first kappa shape index (κ1) is 30.3. The molecule has 4 N–H and O–H groups in total. The van der Waals surface area contributed by atoms with E-state index in [1.807, 2.05) is 7.05 Å². The number of hydrogen-bond acceptors (Lipinski definition) is 8. The molecular formula is C30H29F2N6O7P. The number of aromatic carboxylic acids is 1. The molecule has 0 aliphatic carbocycles. The highest BCUT2D eigenvalue weighted by Gasteiger charge is 2.43. The van der Waals surface area contributed by atoms with E-state index < -0.39 is 43.3 Å². The highest BCUT2D eigenvalue weighted by atomic mass is 31.2. The van der Waals surface area contributed by atoms with Crippen molar-refractivity contribution in [3.63, 3.8) is 0 Å². The molecule has 7 rings (SSSR count). The maximum Gasteiger partial charge on any atom is 0.471 e. The minimum Gasteiger partial charge on any atom is -0.477 e. The van der Waals surface area contributed by atoms with Crippen molar-refractivity contribution in [2.75, 3.05) is 43.9 Å². The van der Waals surface area contributed by atoms with Crippen LogP contribution in [0.4, 0.5) is 20.2 Å². The van der Waals surface area contributed by atoms with Crippen molar-refractivity contribution in [3.05, 3.63) is 70.3 Å². The number of carboxylic acids is 1. The van der Waals surface area contributed by atoms with Crippen LogP contribution in [0, 0.1) is 17.6 Å². The van der Waals surface area contributed by atoms with Gasteiger partial charge in [0.1, 0.15) is 18.1 Å². The fourth-order valence-electron chi connectivity index (χ4n) is 6.98. The number of halogens is 2. The Labute approximate surface area is 259 Å². The number of carboxylic acid groups (broad SMARTS) is 1. The number of phosphoric acid groups is 1. The number of phosphoric ester groups is 1. The summed E-state index contributed by atoms with van der Waals surface area (Å²) < 4.78 is 50.3. The Hall–Kier alpha value is -4.40. The van der Waals surface area contributed by atoms with Gasteiger partial charge in [-0.2, -0.15) is 0 Å². The van der Waals surface area contributed by atoms with Crippen molar-refractivity contribution in [1.29, 1.82) is 0 Å². The molecule has 6 heterocycles. The molecule has 0 saturated carbocycles. The number of nitrogens with zero attached hydrogens (tertiary/aromatic N) is 5. The van der Waals surface area contributed by atoms with Gasteiger partial charge in [-0.3, -0.25) is 13.7 Å². The summed E-state index contributed by atoms with van der Waals surface area (Å²) in [5.74, 6) is -3.25. The zero-order chi connectivity index (χ0) is 32.7. The lowest BCUT2D eigenvalue weighted by atomic mass is 9.97. The van der Waals surface area contributed by atoms with Gasteiger partial charge in [0.05, 0.1) is 27.8 Å². The van der Waals surface area contributed by atoms with Crippen LogP contribution in [0.5, 0.6) is 0 Å². The second-order valence-corrected chi connectivity index (χ2v) is 13.0. The molecule has 2 fully saturated rings. The normalized spacial score (nSPS) is 18.7. The van der Waals surface area contributed by atoms with Crippen LogP contribution in [-0.4, -0.2) is 79.5 Å². The van der Waals surface area contributed by atoms with Crippen molar-refractivity contribution in [1.82, 2.24) is 18.9 Å². The predicted molar refractivity (Wildman–Crippen MR) is 165 cm³/mol. The van der Waals surface area contributed by atoms with Crippen LogP contribution in [0.15, 0.2) is 47.5 Å². The second kappa shape index (κ2) is 10.9. The summed E-state index contributed by atoms with van der Waals surface area (Å²) in [6.45, 7) is 1.43. The van der Waals surface area contributed by atoms with E-state index in [0.717, 1.165) is 19.0 Å². The summed E-state index contributed by atoms with van der Waals surface area (Å²) in [6, 6.07) is 7.05. The Morgan fingerprint density at radius 3 is 2.65 bits per heavy atom. The second-order valence-electron chi connectivity index (χ2n) is 11.7. The van der Waals surface area contributed by atoms with Gasteiger partial charge in [-0.1, -0.05) is 6.07 Å². The number of likely N-dealkylation sites (tertiary alicyclic amines) is 1. The van der Waals surface area contributed by atoms with Gasteiger partial charge in [-0.15, -0.1) is 0 Å². The van der Waals surface area contributed by atoms with Crippen molar-refractivity contribution >= 4 is 41.6 Å². The molecule has 2 aromatic heterocycles. The van der Waals surface area contributed by atoms with E-state index in [2.05, 4.69) is 20.1 Å². The van der Waals surface area contributed by atoms with E-state index in [-0.39, 0.29) is 34.0 Å². The molecule has 13 nitrogen and oxygen atoms in total. The summed E-state index contributed by atoms with van der Waals surface area (Å²) in [7, 11) is -1.43. The third-order valence-corrected chi connectivity index (χ3v) is 9.43. The Kier molecular flexibility index (Phi) is 7.14. The number of nitrogens with one attached hydrogen (secondary N) is 1. The van der Waals surface area contributed by atoms with Crippen LogP contribution >= 0.6 is 7.82 Å². The quantitative estimate of drug-likeness (QED) is 0.190. The standard InChI is InChI=1S/C30H29F2N6O7P/c1-33-21-9-20(31)25(32)23-24-27(37-8-7-16-10-35(2)13-22(16)37)19(12-36(14-45-46(42,43)44)28(24)34-26(21)23)15-3-4-17-5-6-18(30(40)41)29(39)38(17)11-15/h3-6,9,11-12,16,22,33H,7-8,10,13-14H2,1-2H3,(H,40,41)(H2,42,43,44)/t16-,22+/m0/s1. The van der Waals surface area contributed by atoms with Crippen molar-refractivity contribution in [3.8, 4) is 22.5 Å². The molecule has 16 heteroatoms. The molecule has 0 spiro atoms. The molecule has 1 aromatic carbocycles. The molecular weight excluding hydrogens is 625 g/mol. The van der Waals surface area contributed by atoms with Crippen molar-refractivity contribution in [2.24, 2.45) is 5.92 Å². The summed E-state index contributed by atoms with van der Waals surface area (Å²) in [5.41, 5.74) is 1.07. The predicted octanol–water partition coefficient (Wildman–Crippen LogP) is 3.65. The monoisotopic (exact) mass is 654 g/mol. The Morgan fingerprint density at radius 1 is 1.17 bits per heavy atom. The average Bonchev–Trinajstić information content (AvgIpc) is 3.69. The van der Waals surface area contributed by atoms with Crippen LogP contribution in [0.2, 0.25) is 0 Å². The van der Waals surface area contributed by atoms with Crippen LogP contribution < -0.4 is 15.8 Å². The molecule has 0 unspecified atom stereocenters. The molecule has 2 saturated heterocycles. The largest absolute Gasteiger partial charge is 0.477 e. The molecule has 0 bridgehead atoms. The van der Waals surface area contributed by atoms with Gasteiger partial charge < -0.3 is 34.6 Å². The molecule has 4 aliphatic rings. The SMILES string of the molecule is CNc1cc(F)c(F)c2c3c(N4CC[C@H]5CN(C)C[C@H]54)c(-c4ccc5ccc(C(=O)O)c(=O)n5c4)cn(COP(=O)(O)O)c-3nc12. The fourth-order valence-corrected chi connectivity index (χ4v) is 7.26. The van der Waals surface area contributed by atoms with Gasteiger partial charge in [0.25, 0.3) is 5.56 Å². The van der Waals surface area contributed by atoms with Gasteiger partial charge in [0.15, 0.2) is 11.6 Å². The first-order chi connectivity index (χ1) is 21.9. The van der Waals surface area contributed by atoms with E-state index in [0.29, 0.717) is 41.3 Å². The van der Waals surface area contributed by atoms with E-state index in [1.165, 1.54) is 27.3 Å². The van der Waals surface area contributed by atoms with Gasteiger partial charge >= 0.3 is 13.8 Å². The van der Waals surface area contributed by atoms with E-state index in [4.69, 9.17) is 4.52 Å². The number of hydrogen-bond donors (Lipinski definition) is 4. The van der Waals surface area contributed by atoms with E-state index in [9.17, 15) is 29.0 Å². The molecule has 0 amide bonds. The number of carbonyl (C=O) groups is 1. The average molecular weight is 655 g/mol. The summed E-state index contributed by atoms with van der Waals surface area (Å²) in [4.78, 5) is 53.0. The lowest BCUT2D eigenvalue weighted by Crippen LogP contribution is -2.35. The molecule has 2 atom stereocenters. The van der Waals surface area contributed by atoms with Gasteiger partial charge in [-0.05, 0) is 37.6 Å². The lowest BCUT2D eigenvalue weighted by Gasteiger charge is -2.32. The summed E-state index contributed by atoms with van der Waals surface area (Å²) in [5, 5.41) is 12.3. The van der Waals surface area contributed by atoms with Gasteiger partial charge in [0.2, 0.25) is 0 Å². The van der Waals surface area contributed by atoms with Gasteiger partial charge in [-0.25, -0.2) is 23.1 Å². The Balaban J connectivity index is 1.60. The number of benzene rings is 1. The maximum absolute atomic E-state index is 16.0. The number of aromatic nitrogens is 3. The zero-order valence-corrected chi connectivity index (χ0v) is 25.5. The topological polar surface area (TPSA) is 162 Å². The minimum atomic E-state index is -4.98. The van der Waals surface area contributed by atoms with Crippen LogP contribution in [0.25, 0.3) is 38.9 Å². The van der Waals surface area contributed by atoms with E-state index in [1.54, 1.807) is 25.4 Å². The molecule has 3 aromatic rings. The van der Waals surface area contributed by atoms with Crippen molar-refractivity contribution < 1.29 is 37.6 Å². The fraction of sp³-hybridized carbons (Fsp3) is 0.300. The van der Waals surface area contributed by atoms with Crippen LogP contribution in [0.3, 0.4) is 0 Å². The highest BCUT2D eigenvalue weighted by Crippen LogP contribution is 2.51. The first-order valence-corrected chi connectivity index (χ1v) is 16.0. The zero-order valence-electron chi connectivity index (χ0n) is 24.6. The van der Waals surface area contributed by atoms with Gasteiger partial charge in [0, 0.05) is 67.8 Å². The number of rotatable bonds is 7. The van der Waals surface area contributed by atoms with E-state index >= 15 is 8.78 Å². The summed E-state index contributed by atoms with van der Waals surface area (Å²) in [6.07, 6.45) is 3.84. The lowest BCUT2D eigenvalue weighted by molar-refractivity contribution is 0.0694. The minimum absolute atomic E-state index is 0.00119. The molecule has 240 valence electrons.